The quantitative estimate of drug-likeness (QED) is 0.514. The molecule has 1 amide bonds. The van der Waals surface area contributed by atoms with E-state index in [4.69, 9.17) is 4.74 Å². The van der Waals surface area contributed by atoms with Crippen molar-refractivity contribution in [1.82, 2.24) is 15.3 Å². The number of anilines is 2. The van der Waals surface area contributed by atoms with E-state index in [1.807, 2.05) is 27.0 Å². The van der Waals surface area contributed by atoms with Gasteiger partial charge in [-0.05, 0) is 63.4 Å². The summed E-state index contributed by atoms with van der Waals surface area (Å²) in [6, 6.07) is -0.00422. The summed E-state index contributed by atoms with van der Waals surface area (Å²) in [4.78, 5) is 22.2. The molecule has 2 aromatic heterocycles. The molecule has 9 heteroatoms. The highest BCUT2D eigenvalue weighted by Gasteiger charge is 2.27. The number of pyridine rings is 1. The smallest absolute Gasteiger partial charge is 0.407 e. The molecule has 0 aromatic carbocycles. The summed E-state index contributed by atoms with van der Waals surface area (Å²) in [5, 5.41) is 17.4. The van der Waals surface area contributed by atoms with Gasteiger partial charge in [-0.15, -0.1) is 0 Å². The van der Waals surface area contributed by atoms with E-state index in [0.717, 1.165) is 46.3 Å². The molecule has 0 saturated carbocycles. The van der Waals surface area contributed by atoms with Crippen molar-refractivity contribution in [3.05, 3.63) is 16.9 Å². The van der Waals surface area contributed by atoms with Gasteiger partial charge in [0.1, 0.15) is 11.2 Å². The Bertz CT molecular complexity index is 900. The molecule has 0 aliphatic carbocycles. The van der Waals surface area contributed by atoms with E-state index in [-0.39, 0.29) is 12.1 Å². The molecule has 1 atom stereocenters. The molecule has 8 nitrogen and oxygen atoms in total. The number of amides is 1. The summed E-state index contributed by atoms with van der Waals surface area (Å²) >= 11 is 3.67. The number of piperidine rings is 1. The van der Waals surface area contributed by atoms with Crippen molar-refractivity contribution in [3.8, 4) is 0 Å². The lowest BCUT2D eigenvalue weighted by molar-refractivity contribution is 0.0500. The third kappa shape index (κ3) is 5.78. The van der Waals surface area contributed by atoms with Crippen molar-refractivity contribution in [2.24, 2.45) is 0 Å². The van der Waals surface area contributed by atoms with Crippen LogP contribution in [-0.4, -0.2) is 58.0 Å². The number of halogens is 1. The number of aliphatic hydroxyl groups is 1. The molecule has 1 unspecified atom stereocenters. The number of aromatic nitrogens is 2. The summed E-state index contributed by atoms with van der Waals surface area (Å²) in [5.41, 5.74) is 1.32. The number of carbonyl (C=O) groups is 1. The lowest BCUT2D eigenvalue weighted by Crippen LogP contribution is -2.49. The predicted molar refractivity (Wildman–Crippen MR) is 123 cm³/mol. The first-order valence-electron chi connectivity index (χ1n) is 10.3. The van der Waals surface area contributed by atoms with Gasteiger partial charge < -0.3 is 30.4 Å². The fraction of sp³-hybridized carbons (Fsp3) is 0.619. The number of aromatic amines is 1. The predicted octanol–water partition coefficient (Wildman–Crippen LogP) is 4.00. The Morgan fingerprint density at radius 3 is 2.80 bits per heavy atom. The third-order valence-corrected chi connectivity index (χ3v) is 5.38. The molecule has 0 bridgehead atoms. The van der Waals surface area contributed by atoms with Crippen LogP contribution in [0, 0.1) is 0 Å². The van der Waals surface area contributed by atoms with Gasteiger partial charge in [0.05, 0.1) is 26.8 Å². The summed E-state index contributed by atoms with van der Waals surface area (Å²) in [6.07, 6.45) is 5.13. The second-order valence-corrected chi connectivity index (χ2v) is 10.3. The molecule has 0 radical (unpaired) electrons. The van der Waals surface area contributed by atoms with Crippen molar-refractivity contribution in [2.45, 2.75) is 64.7 Å². The fourth-order valence-corrected chi connectivity index (χ4v) is 4.14. The van der Waals surface area contributed by atoms with Crippen molar-refractivity contribution in [1.29, 1.82) is 0 Å². The molecule has 2 aromatic rings. The van der Waals surface area contributed by atoms with Crippen LogP contribution >= 0.6 is 15.9 Å². The first-order chi connectivity index (χ1) is 13.9. The highest BCUT2D eigenvalue weighted by Crippen LogP contribution is 2.39. The average molecular weight is 482 g/mol. The number of alkyl carbamates (subject to hydrolysis) is 1. The van der Waals surface area contributed by atoms with Crippen LogP contribution in [0.4, 0.5) is 16.2 Å². The molecule has 3 rings (SSSR count). The van der Waals surface area contributed by atoms with Crippen LogP contribution in [0.25, 0.3) is 11.0 Å². The van der Waals surface area contributed by atoms with Gasteiger partial charge >= 0.3 is 6.09 Å². The van der Waals surface area contributed by atoms with E-state index in [2.05, 4.69) is 41.4 Å². The molecule has 3 heterocycles. The van der Waals surface area contributed by atoms with Gasteiger partial charge in [0.25, 0.3) is 0 Å². The van der Waals surface area contributed by atoms with Crippen LogP contribution < -0.4 is 15.5 Å². The number of hydrogen-bond donors (Lipinski definition) is 4. The average Bonchev–Trinajstić information content (AvgIpc) is 3.01. The maximum atomic E-state index is 12.2. The lowest BCUT2D eigenvalue weighted by atomic mass is 10.0. The number of ether oxygens (including phenoxy) is 1. The SMILES string of the molecule is CC(C)(O)CNc1c[nH]c2ncc(Br)c(N3CCCC(NC(=O)OC(C)(C)C)C3)c12. The van der Waals surface area contributed by atoms with Crippen molar-refractivity contribution in [2.75, 3.05) is 29.9 Å². The number of H-pyrrole nitrogens is 1. The van der Waals surface area contributed by atoms with Crippen molar-refractivity contribution < 1.29 is 14.6 Å². The Balaban J connectivity index is 1.83. The van der Waals surface area contributed by atoms with Crippen LogP contribution in [0.15, 0.2) is 16.9 Å². The maximum Gasteiger partial charge on any atom is 0.407 e. The van der Waals surface area contributed by atoms with Gasteiger partial charge in [-0.25, -0.2) is 9.78 Å². The number of rotatable bonds is 5. The monoisotopic (exact) mass is 481 g/mol. The highest BCUT2D eigenvalue weighted by atomic mass is 79.9. The fourth-order valence-electron chi connectivity index (χ4n) is 3.59. The minimum atomic E-state index is -0.837. The largest absolute Gasteiger partial charge is 0.444 e. The number of hydrogen-bond acceptors (Lipinski definition) is 6. The van der Waals surface area contributed by atoms with Crippen LogP contribution in [0.5, 0.6) is 0 Å². The molecular formula is C21H32BrN5O3. The Morgan fingerprint density at radius 1 is 1.40 bits per heavy atom. The zero-order valence-corrected chi connectivity index (χ0v) is 19.9. The third-order valence-electron chi connectivity index (χ3n) is 4.80. The van der Waals surface area contributed by atoms with E-state index in [0.29, 0.717) is 13.1 Å². The molecular weight excluding hydrogens is 450 g/mol. The Labute approximate surface area is 185 Å². The number of fused-ring (bicyclic) bond motifs is 1. The number of nitrogens with zero attached hydrogens (tertiary/aromatic N) is 2. The van der Waals surface area contributed by atoms with Crippen LogP contribution in [0.1, 0.15) is 47.5 Å². The van der Waals surface area contributed by atoms with E-state index >= 15 is 0 Å². The zero-order valence-electron chi connectivity index (χ0n) is 18.3. The molecule has 1 aliphatic heterocycles. The molecule has 1 fully saturated rings. The molecule has 1 saturated heterocycles. The van der Waals surface area contributed by atoms with Crippen LogP contribution in [-0.2, 0) is 4.74 Å². The van der Waals surface area contributed by atoms with E-state index in [1.165, 1.54) is 0 Å². The van der Waals surface area contributed by atoms with Gasteiger partial charge in [0.15, 0.2) is 0 Å². The Hall–Kier alpha value is -2.00. The van der Waals surface area contributed by atoms with Gasteiger partial charge in [-0.2, -0.15) is 0 Å². The minimum absolute atomic E-state index is 0.00422. The van der Waals surface area contributed by atoms with Crippen LogP contribution in [0.3, 0.4) is 0 Å². The van der Waals surface area contributed by atoms with Crippen molar-refractivity contribution >= 4 is 44.4 Å². The summed E-state index contributed by atoms with van der Waals surface area (Å²) in [5.74, 6) is 0. The summed E-state index contributed by atoms with van der Waals surface area (Å²) < 4.78 is 6.31. The van der Waals surface area contributed by atoms with Crippen molar-refractivity contribution in [3.63, 3.8) is 0 Å². The second-order valence-electron chi connectivity index (χ2n) is 9.48. The molecule has 1 aliphatic rings. The van der Waals surface area contributed by atoms with E-state index in [1.54, 1.807) is 20.0 Å². The van der Waals surface area contributed by atoms with Gasteiger partial charge in [0.2, 0.25) is 0 Å². The van der Waals surface area contributed by atoms with E-state index in [9.17, 15) is 9.90 Å². The zero-order chi connectivity index (χ0) is 22.1. The topological polar surface area (TPSA) is 103 Å². The highest BCUT2D eigenvalue weighted by molar-refractivity contribution is 9.10. The number of carbonyl (C=O) groups excluding carboxylic acids is 1. The van der Waals surface area contributed by atoms with Gasteiger partial charge in [0, 0.05) is 38.1 Å². The minimum Gasteiger partial charge on any atom is -0.444 e. The first kappa shape index (κ1) is 22.7. The molecule has 166 valence electrons. The Kier molecular flexibility index (Phi) is 6.52. The van der Waals surface area contributed by atoms with Crippen LogP contribution in [0.2, 0.25) is 0 Å². The molecule has 4 N–H and O–H groups in total. The standard InChI is InChI=1S/C21H32BrN5O3/c1-20(2,3)30-19(28)26-13-7-6-8-27(11-13)17-14(22)9-23-18-16(17)15(10-24-18)25-12-21(4,5)29/h9-10,13,25,29H,6-8,11-12H2,1-5H3,(H,23,24)(H,26,28). The molecule has 0 spiro atoms. The molecule has 30 heavy (non-hydrogen) atoms. The summed E-state index contributed by atoms with van der Waals surface area (Å²) in [7, 11) is 0. The van der Waals surface area contributed by atoms with Gasteiger partial charge in [-0.1, -0.05) is 0 Å². The first-order valence-corrected chi connectivity index (χ1v) is 11.1. The summed E-state index contributed by atoms with van der Waals surface area (Å²) in [6.45, 7) is 11.1. The van der Waals surface area contributed by atoms with E-state index < -0.39 is 11.2 Å². The number of nitrogens with one attached hydrogen (secondary N) is 3. The maximum absolute atomic E-state index is 12.2. The van der Waals surface area contributed by atoms with Gasteiger partial charge in [-0.3, -0.25) is 0 Å². The Morgan fingerprint density at radius 2 is 2.13 bits per heavy atom. The lowest BCUT2D eigenvalue weighted by Gasteiger charge is -2.36. The second kappa shape index (κ2) is 8.63. The normalized spacial score (nSPS) is 17.8.